The number of rotatable bonds is 9. The van der Waals surface area contributed by atoms with Crippen molar-refractivity contribution in [3.05, 3.63) is 71.9 Å². The fourth-order valence-corrected chi connectivity index (χ4v) is 5.51. The van der Waals surface area contributed by atoms with Gasteiger partial charge in [0.15, 0.2) is 0 Å². The average Bonchev–Trinajstić information content (AvgIpc) is 3.34. The number of carbonyl (C=O) groups excluding carboxylic acids is 3. The Bertz CT molecular complexity index is 1350. The minimum absolute atomic E-state index is 0.0286. The Morgan fingerprint density at radius 1 is 1.07 bits per heavy atom. The van der Waals surface area contributed by atoms with Gasteiger partial charge in [0, 0.05) is 57.8 Å². The van der Waals surface area contributed by atoms with Crippen LogP contribution in [0.1, 0.15) is 37.8 Å². The third kappa shape index (κ3) is 6.37. The number of piperidine rings is 1. The third-order valence-electron chi connectivity index (χ3n) is 7.91. The van der Waals surface area contributed by atoms with Crippen LogP contribution < -0.4 is 11.1 Å². The molecule has 1 aromatic heterocycles. The number of benzene rings is 2. The number of aromatic amines is 1. The summed E-state index contributed by atoms with van der Waals surface area (Å²) in [5, 5.41) is 7.32. The Morgan fingerprint density at radius 2 is 1.75 bits per heavy atom. The molecule has 1 fully saturated rings. The minimum atomic E-state index is -1.15. The van der Waals surface area contributed by atoms with Crippen molar-refractivity contribution in [3.63, 3.8) is 0 Å². The monoisotopic (exact) mass is 546 g/mol. The summed E-state index contributed by atoms with van der Waals surface area (Å²) in [5.41, 5.74) is 7.10. The fraction of sp³-hybridized carbons (Fsp3) is 0.452. The number of nitrogens with zero attached hydrogens (tertiary/aromatic N) is 3. The lowest BCUT2D eigenvalue weighted by molar-refractivity contribution is -0.159. The number of para-hydroxylation sites is 1. The van der Waals surface area contributed by atoms with Gasteiger partial charge in [0.2, 0.25) is 17.7 Å². The summed E-state index contributed by atoms with van der Waals surface area (Å²) in [4.78, 5) is 46.2. The maximum Gasteiger partial charge on any atom is 0.245 e. The molecule has 0 spiro atoms. The molecule has 0 aliphatic carbocycles. The maximum absolute atomic E-state index is 14.2. The lowest BCUT2D eigenvalue weighted by atomic mass is 9.74. The quantitative estimate of drug-likeness (QED) is 0.357. The summed E-state index contributed by atoms with van der Waals surface area (Å²) < 4.78 is 0. The Morgan fingerprint density at radius 3 is 2.42 bits per heavy atom. The first-order valence-corrected chi connectivity index (χ1v) is 13.8. The van der Waals surface area contributed by atoms with Crippen LogP contribution in [0, 0.1) is 5.41 Å². The van der Waals surface area contributed by atoms with Crippen molar-refractivity contribution in [1.82, 2.24) is 25.2 Å². The average molecular weight is 547 g/mol. The number of nitrogens with two attached hydrogens (primary N) is 1. The van der Waals surface area contributed by atoms with E-state index in [9.17, 15) is 14.4 Å². The Balaban J connectivity index is 1.66. The summed E-state index contributed by atoms with van der Waals surface area (Å²) in [7, 11) is 5.43. The zero-order valence-corrected chi connectivity index (χ0v) is 24.2. The number of H-pyrrole nitrogens is 1. The highest BCUT2D eigenvalue weighted by Crippen LogP contribution is 2.36. The number of amides is 3. The summed E-state index contributed by atoms with van der Waals surface area (Å²) in [6, 6.07) is 17.0. The minimum Gasteiger partial charge on any atom is -0.361 e. The first-order valence-electron chi connectivity index (χ1n) is 13.8. The molecular weight excluding hydrogens is 504 g/mol. The van der Waals surface area contributed by atoms with Crippen LogP contribution in [0.15, 0.2) is 60.8 Å². The van der Waals surface area contributed by atoms with Crippen LogP contribution in [0.5, 0.6) is 0 Å². The van der Waals surface area contributed by atoms with Gasteiger partial charge in [0.1, 0.15) is 6.04 Å². The molecule has 4 N–H and O–H groups in total. The van der Waals surface area contributed by atoms with Crippen LogP contribution in [0.2, 0.25) is 0 Å². The van der Waals surface area contributed by atoms with Crippen molar-refractivity contribution in [2.45, 2.75) is 51.1 Å². The lowest BCUT2D eigenvalue weighted by Crippen LogP contribution is -2.61. The van der Waals surface area contributed by atoms with E-state index in [1.54, 1.807) is 35.8 Å². The molecule has 1 aliphatic rings. The van der Waals surface area contributed by atoms with Crippen molar-refractivity contribution in [3.8, 4) is 0 Å². The summed E-state index contributed by atoms with van der Waals surface area (Å²) in [5.74, 6) is -0.638. The highest BCUT2D eigenvalue weighted by atomic mass is 16.2. The smallest absolute Gasteiger partial charge is 0.245 e. The van der Waals surface area contributed by atoms with Gasteiger partial charge >= 0.3 is 0 Å². The van der Waals surface area contributed by atoms with E-state index in [0.29, 0.717) is 32.2 Å². The Hall–Kier alpha value is -3.69. The maximum atomic E-state index is 14.2. The number of aromatic nitrogens is 1. The summed E-state index contributed by atoms with van der Waals surface area (Å²) >= 11 is 0. The van der Waals surface area contributed by atoms with Gasteiger partial charge in [-0.1, -0.05) is 48.5 Å². The van der Waals surface area contributed by atoms with Crippen LogP contribution in [-0.2, 0) is 27.2 Å². The highest BCUT2D eigenvalue weighted by molar-refractivity contribution is 5.93. The van der Waals surface area contributed by atoms with E-state index in [1.165, 1.54) is 0 Å². The molecule has 1 unspecified atom stereocenters. The number of carbonyl (C=O) groups is 3. The van der Waals surface area contributed by atoms with Crippen molar-refractivity contribution in [2.75, 3.05) is 34.2 Å². The topological polar surface area (TPSA) is 115 Å². The van der Waals surface area contributed by atoms with Gasteiger partial charge in [0.05, 0.1) is 11.0 Å². The molecule has 40 heavy (non-hydrogen) atoms. The van der Waals surface area contributed by atoms with Crippen LogP contribution in [0.25, 0.3) is 10.9 Å². The van der Waals surface area contributed by atoms with E-state index < -0.39 is 22.9 Å². The molecule has 0 bridgehead atoms. The van der Waals surface area contributed by atoms with Crippen LogP contribution >= 0.6 is 0 Å². The van der Waals surface area contributed by atoms with Crippen molar-refractivity contribution < 1.29 is 14.4 Å². The number of nitrogens with one attached hydrogen (secondary N) is 2. The lowest BCUT2D eigenvalue weighted by Gasteiger charge is -2.45. The molecule has 3 amide bonds. The largest absolute Gasteiger partial charge is 0.361 e. The van der Waals surface area contributed by atoms with Crippen molar-refractivity contribution in [2.24, 2.45) is 11.1 Å². The number of likely N-dealkylation sites (tertiary alicyclic amines) is 1. The molecule has 2 atom stereocenters. The second-order valence-electron chi connectivity index (χ2n) is 11.8. The Labute approximate surface area is 236 Å². The van der Waals surface area contributed by atoms with E-state index >= 15 is 0 Å². The van der Waals surface area contributed by atoms with Crippen LogP contribution in [0.3, 0.4) is 0 Å². The van der Waals surface area contributed by atoms with Gasteiger partial charge in [-0.3, -0.25) is 19.4 Å². The Kier molecular flexibility index (Phi) is 8.65. The van der Waals surface area contributed by atoms with Crippen LogP contribution in [0.4, 0.5) is 0 Å². The molecular formula is C31H42N6O3. The van der Waals surface area contributed by atoms with E-state index in [1.807, 2.05) is 74.9 Å². The van der Waals surface area contributed by atoms with E-state index in [4.69, 9.17) is 5.73 Å². The van der Waals surface area contributed by atoms with Gasteiger partial charge in [-0.2, -0.15) is 0 Å². The standard InChI is InChI=1S/C31H42N6O3/c1-30(2,32)28(39)34-26(18-23-20-33-25-15-10-9-14-24(23)25)27(38)37-17-11-16-31(21-37,29(40)36(5)35(3)4)19-22-12-7-6-8-13-22/h6-10,12-15,20,26,33H,11,16-19,21,32H2,1-5H3,(H,34,39)/t26-,31?/m1/s1. The molecule has 2 aromatic carbocycles. The van der Waals surface area contributed by atoms with E-state index in [-0.39, 0.29) is 18.4 Å². The van der Waals surface area contributed by atoms with Crippen molar-refractivity contribution >= 4 is 28.6 Å². The van der Waals surface area contributed by atoms with Crippen LogP contribution in [-0.4, -0.2) is 83.4 Å². The molecule has 214 valence electrons. The molecule has 0 saturated carbocycles. The number of hydrogen-bond donors (Lipinski definition) is 3. The zero-order chi connectivity index (χ0) is 29.1. The summed E-state index contributed by atoms with van der Waals surface area (Å²) in [6.45, 7) is 4.03. The molecule has 1 saturated heterocycles. The van der Waals surface area contributed by atoms with E-state index in [2.05, 4.69) is 10.3 Å². The second kappa shape index (κ2) is 11.8. The highest BCUT2D eigenvalue weighted by Gasteiger charge is 2.46. The third-order valence-corrected chi connectivity index (χ3v) is 7.91. The van der Waals surface area contributed by atoms with Gasteiger partial charge in [-0.05, 0) is 50.3 Å². The predicted molar refractivity (Wildman–Crippen MR) is 157 cm³/mol. The van der Waals surface area contributed by atoms with Gasteiger partial charge < -0.3 is 20.9 Å². The SMILES string of the molecule is CN(C)N(C)C(=O)C1(Cc2ccccc2)CCCN(C(=O)[C@@H](Cc2c[nH]c3ccccc23)NC(=O)C(C)(C)N)C1. The number of hydrogen-bond acceptors (Lipinski definition) is 5. The summed E-state index contributed by atoms with van der Waals surface area (Å²) in [6.07, 6.45) is 4.05. The van der Waals surface area contributed by atoms with Gasteiger partial charge in [-0.15, -0.1) is 0 Å². The van der Waals surface area contributed by atoms with Crippen molar-refractivity contribution in [1.29, 1.82) is 0 Å². The van der Waals surface area contributed by atoms with Gasteiger partial charge in [0.25, 0.3) is 0 Å². The molecule has 0 radical (unpaired) electrons. The normalized spacial score (nSPS) is 18.5. The molecule has 1 aliphatic heterocycles. The fourth-order valence-electron chi connectivity index (χ4n) is 5.51. The molecule has 4 rings (SSSR count). The first kappa shape index (κ1) is 29.3. The predicted octanol–water partition coefficient (Wildman–Crippen LogP) is 2.72. The molecule has 9 heteroatoms. The van der Waals surface area contributed by atoms with Gasteiger partial charge in [-0.25, -0.2) is 5.01 Å². The van der Waals surface area contributed by atoms with E-state index in [0.717, 1.165) is 22.0 Å². The number of fused-ring (bicyclic) bond motifs is 1. The second-order valence-corrected chi connectivity index (χ2v) is 11.8. The molecule has 9 nitrogen and oxygen atoms in total. The molecule has 2 heterocycles. The zero-order valence-electron chi connectivity index (χ0n) is 24.2. The molecule has 3 aromatic rings. The first-order chi connectivity index (χ1) is 18.9. The number of hydrazine groups is 1.